The van der Waals surface area contributed by atoms with Gasteiger partial charge in [-0.15, -0.1) is 0 Å². The number of benzene rings is 1. The number of hydrogen-bond acceptors (Lipinski definition) is 2. The third-order valence-corrected chi connectivity index (χ3v) is 2.59. The quantitative estimate of drug-likeness (QED) is 0.873. The Kier molecular flexibility index (Phi) is 3.57. The Morgan fingerprint density at radius 1 is 1.21 bits per heavy atom. The summed E-state index contributed by atoms with van der Waals surface area (Å²) in [6, 6.07) is 5.07. The van der Waals surface area contributed by atoms with Crippen LogP contribution in [0.15, 0.2) is 30.5 Å². The summed E-state index contributed by atoms with van der Waals surface area (Å²) in [7, 11) is 0. The number of alkyl halides is 3. The van der Waals surface area contributed by atoms with Crippen molar-refractivity contribution >= 4 is 0 Å². The van der Waals surface area contributed by atoms with Crippen molar-refractivity contribution in [1.82, 2.24) is 9.78 Å². The summed E-state index contributed by atoms with van der Waals surface area (Å²) >= 11 is 0. The lowest BCUT2D eigenvalue weighted by Gasteiger charge is -2.10. The molecule has 0 atom stereocenters. The summed E-state index contributed by atoms with van der Waals surface area (Å²) in [6.07, 6.45) is -3.11. The maximum absolute atomic E-state index is 13.8. The number of nitrogens with two attached hydrogens (primary N) is 1. The standard InChI is InChI=1S/C12H11F4N3/c13-9-3-1-2-8(4-6-17)11(9)19-7-5-10(18-19)12(14,15)16/h1-3,5,7H,4,6,17H2. The van der Waals surface area contributed by atoms with Crippen LogP contribution in [0, 0.1) is 5.82 Å². The van der Waals surface area contributed by atoms with Gasteiger partial charge in [0, 0.05) is 6.20 Å². The molecule has 0 amide bonds. The Hall–Kier alpha value is -1.89. The fourth-order valence-corrected chi connectivity index (χ4v) is 1.77. The highest BCUT2D eigenvalue weighted by molar-refractivity contribution is 5.42. The van der Waals surface area contributed by atoms with Crippen LogP contribution in [0.1, 0.15) is 11.3 Å². The van der Waals surface area contributed by atoms with Gasteiger partial charge in [-0.3, -0.25) is 0 Å². The first-order valence-corrected chi connectivity index (χ1v) is 5.54. The Bertz CT molecular complexity index is 575. The maximum atomic E-state index is 13.8. The monoisotopic (exact) mass is 273 g/mol. The highest BCUT2D eigenvalue weighted by Crippen LogP contribution is 2.28. The van der Waals surface area contributed by atoms with Gasteiger partial charge in [0.15, 0.2) is 5.69 Å². The predicted molar refractivity (Wildman–Crippen MR) is 61.3 cm³/mol. The van der Waals surface area contributed by atoms with E-state index in [9.17, 15) is 17.6 Å². The minimum absolute atomic E-state index is 0.00319. The molecule has 1 heterocycles. The van der Waals surface area contributed by atoms with Crippen LogP contribution in [-0.4, -0.2) is 16.3 Å². The summed E-state index contributed by atoms with van der Waals surface area (Å²) < 4.78 is 52.1. The predicted octanol–water partition coefficient (Wildman–Crippen LogP) is 2.53. The Morgan fingerprint density at radius 2 is 1.95 bits per heavy atom. The van der Waals surface area contributed by atoms with E-state index >= 15 is 0 Å². The molecule has 0 saturated carbocycles. The van der Waals surface area contributed by atoms with Gasteiger partial charge < -0.3 is 5.73 Å². The molecule has 19 heavy (non-hydrogen) atoms. The maximum Gasteiger partial charge on any atom is 0.435 e. The SMILES string of the molecule is NCCc1cccc(F)c1-n1ccc(C(F)(F)F)n1. The zero-order valence-corrected chi connectivity index (χ0v) is 9.78. The van der Waals surface area contributed by atoms with Crippen molar-refractivity contribution in [3.05, 3.63) is 47.5 Å². The highest BCUT2D eigenvalue weighted by atomic mass is 19.4. The van der Waals surface area contributed by atoms with Gasteiger partial charge in [-0.1, -0.05) is 12.1 Å². The Balaban J connectivity index is 2.49. The number of aromatic nitrogens is 2. The van der Waals surface area contributed by atoms with Crippen LogP contribution >= 0.6 is 0 Å². The largest absolute Gasteiger partial charge is 0.435 e. The van der Waals surface area contributed by atoms with Gasteiger partial charge in [0.05, 0.1) is 0 Å². The molecule has 0 aliphatic carbocycles. The van der Waals surface area contributed by atoms with Gasteiger partial charge in [0.1, 0.15) is 11.5 Å². The molecular formula is C12H11F4N3. The molecule has 1 aromatic heterocycles. The molecule has 0 aliphatic rings. The zero-order chi connectivity index (χ0) is 14.0. The number of halogens is 4. The molecule has 2 N–H and O–H groups in total. The summed E-state index contributed by atoms with van der Waals surface area (Å²) in [5.74, 6) is -0.636. The first-order chi connectivity index (χ1) is 8.93. The van der Waals surface area contributed by atoms with Crippen molar-refractivity contribution in [1.29, 1.82) is 0 Å². The number of hydrogen-bond donors (Lipinski definition) is 1. The number of para-hydroxylation sites is 1. The Morgan fingerprint density at radius 3 is 2.53 bits per heavy atom. The van der Waals surface area contributed by atoms with Gasteiger partial charge in [-0.2, -0.15) is 18.3 Å². The fourth-order valence-electron chi connectivity index (χ4n) is 1.77. The summed E-state index contributed by atoms with van der Waals surface area (Å²) in [5, 5.41) is 3.37. The van der Waals surface area contributed by atoms with E-state index in [1.165, 1.54) is 12.1 Å². The molecule has 3 nitrogen and oxygen atoms in total. The van der Waals surface area contributed by atoms with Crippen molar-refractivity contribution in [3.63, 3.8) is 0 Å². The first-order valence-electron chi connectivity index (χ1n) is 5.54. The second-order valence-corrected chi connectivity index (χ2v) is 3.93. The van der Waals surface area contributed by atoms with Gasteiger partial charge >= 0.3 is 6.18 Å². The van der Waals surface area contributed by atoms with E-state index in [2.05, 4.69) is 5.10 Å². The van der Waals surface area contributed by atoms with Crippen LogP contribution in [0.25, 0.3) is 5.69 Å². The molecule has 102 valence electrons. The molecular weight excluding hydrogens is 262 g/mol. The van der Waals surface area contributed by atoms with Gasteiger partial charge in [0.25, 0.3) is 0 Å². The van der Waals surface area contributed by atoms with E-state index in [0.717, 1.165) is 16.9 Å². The van der Waals surface area contributed by atoms with Crippen LogP contribution in [0.3, 0.4) is 0 Å². The van der Waals surface area contributed by atoms with Crippen molar-refractivity contribution in [2.24, 2.45) is 5.73 Å². The van der Waals surface area contributed by atoms with E-state index < -0.39 is 17.7 Å². The summed E-state index contributed by atoms with van der Waals surface area (Å²) in [6.45, 7) is 0.268. The molecule has 1 aromatic carbocycles. The van der Waals surface area contributed by atoms with Crippen LogP contribution in [0.4, 0.5) is 17.6 Å². The minimum atomic E-state index is -4.55. The molecule has 0 fully saturated rings. The second-order valence-electron chi connectivity index (χ2n) is 3.93. The lowest BCUT2D eigenvalue weighted by Crippen LogP contribution is -2.11. The minimum Gasteiger partial charge on any atom is -0.330 e. The average molecular weight is 273 g/mol. The first kappa shape index (κ1) is 13.5. The number of nitrogens with zero attached hydrogens (tertiary/aromatic N) is 2. The lowest BCUT2D eigenvalue weighted by atomic mass is 10.1. The smallest absolute Gasteiger partial charge is 0.330 e. The molecule has 2 rings (SSSR count). The fraction of sp³-hybridized carbons (Fsp3) is 0.250. The lowest BCUT2D eigenvalue weighted by molar-refractivity contribution is -0.141. The van der Waals surface area contributed by atoms with Crippen LogP contribution in [0.5, 0.6) is 0 Å². The third-order valence-electron chi connectivity index (χ3n) is 2.59. The van der Waals surface area contributed by atoms with Gasteiger partial charge in [-0.25, -0.2) is 9.07 Å². The van der Waals surface area contributed by atoms with Gasteiger partial charge in [0.2, 0.25) is 0 Å². The van der Waals surface area contributed by atoms with Crippen molar-refractivity contribution in [2.75, 3.05) is 6.54 Å². The molecule has 0 bridgehead atoms. The normalized spacial score (nSPS) is 11.8. The van der Waals surface area contributed by atoms with Crippen LogP contribution in [0.2, 0.25) is 0 Å². The topological polar surface area (TPSA) is 43.8 Å². The zero-order valence-electron chi connectivity index (χ0n) is 9.78. The average Bonchev–Trinajstić information content (AvgIpc) is 2.78. The van der Waals surface area contributed by atoms with E-state index in [0.29, 0.717) is 12.0 Å². The molecule has 0 unspecified atom stereocenters. The summed E-state index contributed by atoms with van der Waals surface area (Å²) in [4.78, 5) is 0. The van der Waals surface area contributed by atoms with E-state index in [1.807, 2.05) is 0 Å². The summed E-state index contributed by atoms with van der Waals surface area (Å²) in [5.41, 5.74) is 4.86. The number of rotatable bonds is 3. The van der Waals surface area contributed by atoms with Crippen molar-refractivity contribution < 1.29 is 17.6 Å². The van der Waals surface area contributed by atoms with Gasteiger partial charge in [-0.05, 0) is 30.7 Å². The molecule has 7 heteroatoms. The molecule has 0 radical (unpaired) electrons. The van der Waals surface area contributed by atoms with E-state index in [-0.39, 0.29) is 12.2 Å². The second kappa shape index (κ2) is 5.00. The van der Waals surface area contributed by atoms with E-state index in [1.54, 1.807) is 6.07 Å². The molecule has 0 aliphatic heterocycles. The molecule has 0 spiro atoms. The highest BCUT2D eigenvalue weighted by Gasteiger charge is 2.33. The Labute approximate surface area is 106 Å². The molecule has 0 saturated heterocycles. The third kappa shape index (κ3) is 2.76. The van der Waals surface area contributed by atoms with Crippen LogP contribution < -0.4 is 5.73 Å². The van der Waals surface area contributed by atoms with E-state index in [4.69, 9.17) is 5.73 Å². The van der Waals surface area contributed by atoms with Crippen molar-refractivity contribution in [3.8, 4) is 5.69 Å². The van der Waals surface area contributed by atoms with Crippen molar-refractivity contribution in [2.45, 2.75) is 12.6 Å². The van der Waals surface area contributed by atoms with Crippen LogP contribution in [-0.2, 0) is 12.6 Å². The molecule has 2 aromatic rings.